The third-order valence-corrected chi connectivity index (χ3v) is 3.74. The Hall–Kier alpha value is -1.65. The number of anilines is 1. The largest absolute Gasteiger partial charge is 0.478 e. The molecule has 0 atom stereocenters. The Balaban J connectivity index is 3.42. The molecule has 0 saturated carbocycles. The van der Waals surface area contributed by atoms with Gasteiger partial charge in [0.05, 0.1) is 5.69 Å². The van der Waals surface area contributed by atoms with Crippen LogP contribution >= 0.6 is 0 Å². The zero-order valence-corrected chi connectivity index (χ0v) is 11.9. The lowest BCUT2D eigenvalue weighted by molar-refractivity contribution is 0.0695. The van der Waals surface area contributed by atoms with Crippen molar-refractivity contribution in [3.05, 3.63) is 16.8 Å². The molecule has 0 unspecified atom stereocenters. The third-order valence-electron chi connectivity index (χ3n) is 3.74. The lowest BCUT2D eigenvalue weighted by atomic mass is 9.98. The van der Waals surface area contributed by atoms with Gasteiger partial charge in [-0.1, -0.05) is 6.92 Å². The van der Waals surface area contributed by atoms with Crippen LogP contribution in [0.1, 0.15) is 48.8 Å². The van der Waals surface area contributed by atoms with E-state index in [0.717, 1.165) is 6.42 Å². The summed E-state index contributed by atoms with van der Waals surface area (Å²) in [7, 11) is 1.86. The fourth-order valence-electron chi connectivity index (χ4n) is 1.61. The fourth-order valence-corrected chi connectivity index (χ4v) is 1.61. The Morgan fingerprint density at radius 1 is 1.33 bits per heavy atom. The summed E-state index contributed by atoms with van der Waals surface area (Å²) in [6.45, 7) is 9.70. The van der Waals surface area contributed by atoms with Crippen molar-refractivity contribution in [3.63, 3.8) is 0 Å². The number of hydrogen-bond donors (Lipinski definition) is 1. The van der Waals surface area contributed by atoms with Crippen molar-refractivity contribution in [2.75, 3.05) is 11.9 Å². The third kappa shape index (κ3) is 2.44. The van der Waals surface area contributed by atoms with E-state index in [1.165, 1.54) is 0 Å². The van der Waals surface area contributed by atoms with Crippen LogP contribution in [0.3, 0.4) is 0 Å². The van der Waals surface area contributed by atoms with Crippen molar-refractivity contribution in [1.82, 2.24) is 10.2 Å². The summed E-state index contributed by atoms with van der Waals surface area (Å²) >= 11 is 0. The van der Waals surface area contributed by atoms with Gasteiger partial charge < -0.3 is 10.0 Å². The molecule has 1 heterocycles. The molecule has 0 amide bonds. The number of carboxylic acids is 1. The minimum absolute atomic E-state index is 0.166. The van der Waals surface area contributed by atoms with Crippen LogP contribution in [0.5, 0.6) is 0 Å². The zero-order chi connectivity index (χ0) is 14.1. The van der Waals surface area contributed by atoms with Crippen LogP contribution in [0.4, 0.5) is 5.82 Å². The van der Waals surface area contributed by atoms with Crippen LogP contribution < -0.4 is 4.90 Å². The van der Waals surface area contributed by atoms with Crippen molar-refractivity contribution in [2.45, 2.75) is 46.6 Å². The zero-order valence-electron chi connectivity index (χ0n) is 11.9. The van der Waals surface area contributed by atoms with Crippen LogP contribution in [0.25, 0.3) is 0 Å². The fraction of sp³-hybridized carbons (Fsp3) is 0.615. The number of carboxylic acid groups (broad SMARTS) is 1. The van der Waals surface area contributed by atoms with E-state index < -0.39 is 5.97 Å². The number of carbonyl (C=O) groups is 1. The maximum Gasteiger partial charge on any atom is 0.339 e. The van der Waals surface area contributed by atoms with Gasteiger partial charge in [0.2, 0.25) is 0 Å². The molecule has 0 aliphatic heterocycles. The first-order chi connectivity index (χ1) is 8.22. The Morgan fingerprint density at radius 2 is 1.89 bits per heavy atom. The summed E-state index contributed by atoms with van der Waals surface area (Å²) in [6, 6.07) is 0. The predicted molar refractivity (Wildman–Crippen MR) is 71.2 cm³/mol. The van der Waals surface area contributed by atoms with E-state index in [-0.39, 0.29) is 11.1 Å². The standard InChI is InChI=1S/C13H21N3O2/c1-7-13(4,5)16(6)11-10(12(17)18)8(2)9(3)14-15-11/h7H2,1-6H3,(H,17,18). The average Bonchev–Trinajstić information content (AvgIpc) is 2.30. The molecule has 1 aromatic heterocycles. The van der Waals surface area contributed by atoms with Crippen molar-refractivity contribution in [1.29, 1.82) is 0 Å². The van der Waals surface area contributed by atoms with Crippen LogP contribution in [0.15, 0.2) is 0 Å². The molecule has 1 aromatic rings. The second-order valence-electron chi connectivity index (χ2n) is 5.14. The smallest absolute Gasteiger partial charge is 0.339 e. The van der Waals surface area contributed by atoms with Gasteiger partial charge in [-0.05, 0) is 39.7 Å². The number of aromatic carboxylic acids is 1. The van der Waals surface area contributed by atoms with E-state index in [1.807, 2.05) is 11.9 Å². The van der Waals surface area contributed by atoms with Gasteiger partial charge in [0, 0.05) is 12.6 Å². The van der Waals surface area contributed by atoms with Gasteiger partial charge in [0.25, 0.3) is 0 Å². The Kier molecular flexibility index (Phi) is 3.94. The average molecular weight is 251 g/mol. The number of aryl methyl sites for hydroxylation is 1. The van der Waals surface area contributed by atoms with Crippen LogP contribution in [-0.4, -0.2) is 33.9 Å². The van der Waals surface area contributed by atoms with E-state index in [0.29, 0.717) is 17.1 Å². The maximum atomic E-state index is 11.4. The van der Waals surface area contributed by atoms with Crippen molar-refractivity contribution in [2.24, 2.45) is 0 Å². The number of aromatic nitrogens is 2. The minimum atomic E-state index is -0.959. The molecule has 1 N–H and O–H groups in total. The lowest BCUT2D eigenvalue weighted by Gasteiger charge is -2.36. The lowest BCUT2D eigenvalue weighted by Crippen LogP contribution is -2.42. The highest BCUT2D eigenvalue weighted by molar-refractivity contribution is 5.95. The molecule has 0 radical (unpaired) electrons. The summed E-state index contributed by atoms with van der Waals surface area (Å²) in [6.07, 6.45) is 0.886. The van der Waals surface area contributed by atoms with Crippen LogP contribution in [0.2, 0.25) is 0 Å². The highest BCUT2D eigenvalue weighted by atomic mass is 16.4. The van der Waals surface area contributed by atoms with Crippen molar-refractivity contribution in [3.8, 4) is 0 Å². The molecule has 0 fully saturated rings. The normalized spacial score (nSPS) is 11.4. The second kappa shape index (κ2) is 4.92. The number of hydrogen-bond acceptors (Lipinski definition) is 4. The SMILES string of the molecule is CCC(C)(C)N(C)c1nnc(C)c(C)c1C(=O)O. The van der Waals surface area contributed by atoms with Gasteiger partial charge in [-0.2, -0.15) is 5.10 Å². The van der Waals surface area contributed by atoms with Gasteiger partial charge in [0.1, 0.15) is 5.56 Å². The van der Waals surface area contributed by atoms with Crippen molar-refractivity contribution >= 4 is 11.8 Å². The Morgan fingerprint density at radius 3 is 2.33 bits per heavy atom. The summed E-state index contributed by atoms with van der Waals surface area (Å²) in [5, 5.41) is 17.5. The quantitative estimate of drug-likeness (QED) is 0.890. The summed E-state index contributed by atoms with van der Waals surface area (Å²) in [5.74, 6) is -0.531. The highest BCUT2D eigenvalue weighted by Crippen LogP contribution is 2.28. The molecule has 0 aliphatic carbocycles. The molecule has 0 bridgehead atoms. The molecule has 18 heavy (non-hydrogen) atoms. The predicted octanol–water partition coefficient (Wildman–Crippen LogP) is 2.42. The first-order valence-corrected chi connectivity index (χ1v) is 6.03. The summed E-state index contributed by atoms with van der Waals surface area (Å²) in [4.78, 5) is 13.3. The van der Waals surface area contributed by atoms with E-state index >= 15 is 0 Å². The molecule has 1 rings (SSSR count). The molecule has 0 spiro atoms. The highest BCUT2D eigenvalue weighted by Gasteiger charge is 2.28. The molecular weight excluding hydrogens is 230 g/mol. The first-order valence-electron chi connectivity index (χ1n) is 6.03. The van der Waals surface area contributed by atoms with Gasteiger partial charge in [0.15, 0.2) is 5.82 Å². The molecule has 5 nitrogen and oxygen atoms in total. The molecule has 100 valence electrons. The van der Waals surface area contributed by atoms with Crippen molar-refractivity contribution < 1.29 is 9.90 Å². The van der Waals surface area contributed by atoms with Gasteiger partial charge in [-0.15, -0.1) is 5.10 Å². The maximum absolute atomic E-state index is 11.4. The van der Waals surface area contributed by atoms with Crippen LogP contribution in [-0.2, 0) is 0 Å². The Labute approximate surface area is 108 Å². The number of rotatable bonds is 4. The van der Waals surface area contributed by atoms with E-state index in [9.17, 15) is 9.90 Å². The second-order valence-corrected chi connectivity index (χ2v) is 5.14. The Bertz CT molecular complexity index is 470. The topological polar surface area (TPSA) is 66.3 Å². The summed E-state index contributed by atoms with van der Waals surface area (Å²) in [5.41, 5.74) is 1.40. The summed E-state index contributed by atoms with van der Waals surface area (Å²) < 4.78 is 0. The molecule has 0 aliphatic rings. The van der Waals surface area contributed by atoms with Gasteiger partial charge in [-0.25, -0.2) is 4.79 Å². The molecule has 0 aromatic carbocycles. The monoisotopic (exact) mass is 251 g/mol. The van der Waals surface area contributed by atoms with Crippen LogP contribution in [0, 0.1) is 13.8 Å². The molecule has 5 heteroatoms. The minimum Gasteiger partial charge on any atom is -0.478 e. The van der Waals surface area contributed by atoms with E-state index in [2.05, 4.69) is 31.0 Å². The first kappa shape index (κ1) is 14.4. The molecule has 0 saturated heterocycles. The van der Waals surface area contributed by atoms with E-state index in [4.69, 9.17) is 0 Å². The van der Waals surface area contributed by atoms with Gasteiger partial charge in [-0.3, -0.25) is 0 Å². The number of nitrogens with zero attached hydrogens (tertiary/aromatic N) is 3. The van der Waals surface area contributed by atoms with Gasteiger partial charge >= 0.3 is 5.97 Å². The molecular formula is C13H21N3O2. The van der Waals surface area contributed by atoms with E-state index in [1.54, 1.807) is 13.8 Å².